The van der Waals surface area contributed by atoms with Crippen LogP contribution < -0.4 is 10.5 Å². The zero-order chi connectivity index (χ0) is 14.7. The zero-order valence-electron chi connectivity index (χ0n) is 10.5. The molecule has 0 aliphatic heterocycles. The Hall–Kier alpha value is -2.27. The molecule has 0 unspecified atom stereocenters. The zero-order valence-corrected chi connectivity index (χ0v) is 11.3. The van der Waals surface area contributed by atoms with Crippen LogP contribution >= 0.6 is 11.6 Å². The quantitative estimate of drug-likeness (QED) is 0.693. The van der Waals surface area contributed by atoms with Crippen molar-refractivity contribution in [2.45, 2.75) is 0 Å². The summed E-state index contributed by atoms with van der Waals surface area (Å²) in [5.41, 5.74) is 6.24. The molecule has 20 heavy (non-hydrogen) atoms. The molecule has 0 aromatic heterocycles. The Morgan fingerprint density at radius 3 is 2.70 bits per heavy atom. The number of nitrogens with two attached hydrogens (primary N) is 1. The van der Waals surface area contributed by atoms with E-state index >= 15 is 0 Å². The number of ether oxygens (including phenoxy) is 2. The van der Waals surface area contributed by atoms with Crippen LogP contribution in [0.2, 0.25) is 5.02 Å². The SMILES string of the molecule is COC(=O)c1ccc(N)c(Oc2cccc(Cl)c2F)c1. The van der Waals surface area contributed by atoms with Gasteiger partial charge in [-0.1, -0.05) is 17.7 Å². The standard InChI is InChI=1S/C14H11ClFNO3/c1-19-14(18)8-5-6-10(17)12(7-8)20-11-4-2-3-9(15)13(11)16/h2-7H,17H2,1H3. The lowest BCUT2D eigenvalue weighted by Crippen LogP contribution is -2.03. The first-order valence-corrected chi connectivity index (χ1v) is 6.00. The maximum atomic E-state index is 13.8. The molecule has 0 aliphatic carbocycles. The Bertz CT molecular complexity index is 661. The molecular weight excluding hydrogens is 285 g/mol. The van der Waals surface area contributed by atoms with Gasteiger partial charge in [0.15, 0.2) is 17.3 Å². The van der Waals surface area contributed by atoms with Crippen molar-refractivity contribution >= 4 is 23.3 Å². The molecule has 0 fully saturated rings. The molecule has 0 spiro atoms. The number of benzene rings is 2. The van der Waals surface area contributed by atoms with E-state index in [0.717, 1.165) is 0 Å². The molecule has 0 bridgehead atoms. The molecule has 2 N–H and O–H groups in total. The van der Waals surface area contributed by atoms with Crippen molar-refractivity contribution in [1.29, 1.82) is 0 Å². The lowest BCUT2D eigenvalue weighted by Gasteiger charge is -2.11. The minimum atomic E-state index is -0.697. The van der Waals surface area contributed by atoms with Crippen molar-refractivity contribution < 1.29 is 18.7 Å². The van der Waals surface area contributed by atoms with Gasteiger partial charge in [-0.05, 0) is 30.3 Å². The normalized spacial score (nSPS) is 10.2. The molecule has 104 valence electrons. The third kappa shape index (κ3) is 2.83. The highest BCUT2D eigenvalue weighted by Crippen LogP contribution is 2.32. The van der Waals surface area contributed by atoms with Gasteiger partial charge in [0.2, 0.25) is 0 Å². The van der Waals surface area contributed by atoms with E-state index in [-0.39, 0.29) is 27.8 Å². The van der Waals surface area contributed by atoms with Gasteiger partial charge in [-0.25, -0.2) is 9.18 Å². The lowest BCUT2D eigenvalue weighted by molar-refractivity contribution is 0.0600. The predicted octanol–water partition coefficient (Wildman–Crippen LogP) is 3.64. The topological polar surface area (TPSA) is 61.5 Å². The molecule has 0 atom stereocenters. The van der Waals surface area contributed by atoms with E-state index in [1.165, 1.54) is 37.4 Å². The van der Waals surface area contributed by atoms with Gasteiger partial charge in [0.25, 0.3) is 0 Å². The Morgan fingerprint density at radius 2 is 2.00 bits per heavy atom. The first-order valence-electron chi connectivity index (χ1n) is 5.62. The van der Waals surface area contributed by atoms with Crippen LogP contribution in [0.4, 0.5) is 10.1 Å². The van der Waals surface area contributed by atoms with E-state index in [9.17, 15) is 9.18 Å². The van der Waals surface area contributed by atoms with Gasteiger partial charge >= 0.3 is 5.97 Å². The molecule has 0 saturated heterocycles. The Kier molecular flexibility index (Phi) is 4.10. The van der Waals surface area contributed by atoms with Gasteiger partial charge in [0.05, 0.1) is 23.4 Å². The molecule has 0 radical (unpaired) electrons. The second kappa shape index (κ2) is 5.79. The van der Waals surface area contributed by atoms with Crippen LogP contribution in [0.3, 0.4) is 0 Å². The van der Waals surface area contributed by atoms with E-state index in [4.69, 9.17) is 22.1 Å². The van der Waals surface area contributed by atoms with Crippen molar-refractivity contribution in [3.8, 4) is 11.5 Å². The summed E-state index contributed by atoms with van der Waals surface area (Å²) in [6, 6.07) is 8.69. The molecular formula is C14H11ClFNO3. The van der Waals surface area contributed by atoms with Crippen LogP contribution in [0.5, 0.6) is 11.5 Å². The number of carbonyl (C=O) groups is 1. The summed E-state index contributed by atoms with van der Waals surface area (Å²) in [5, 5.41) is -0.0646. The summed E-state index contributed by atoms with van der Waals surface area (Å²) in [6.45, 7) is 0. The number of hydrogen-bond acceptors (Lipinski definition) is 4. The van der Waals surface area contributed by atoms with Gasteiger partial charge in [0, 0.05) is 0 Å². The van der Waals surface area contributed by atoms with Crippen LogP contribution in [0.25, 0.3) is 0 Å². The summed E-state index contributed by atoms with van der Waals surface area (Å²) < 4.78 is 23.7. The van der Waals surface area contributed by atoms with E-state index in [1.807, 2.05) is 0 Å². The molecule has 0 saturated carbocycles. The van der Waals surface area contributed by atoms with E-state index in [0.29, 0.717) is 0 Å². The Morgan fingerprint density at radius 1 is 1.25 bits per heavy atom. The molecule has 6 heteroatoms. The van der Waals surface area contributed by atoms with E-state index in [1.54, 1.807) is 6.07 Å². The third-order valence-electron chi connectivity index (χ3n) is 2.57. The van der Waals surface area contributed by atoms with Gasteiger partial charge < -0.3 is 15.2 Å². The molecule has 0 amide bonds. The molecule has 2 aromatic rings. The second-order valence-electron chi connectivity index (χ2n) is 3.90. The van der Waals surface area contributed by atoms with Gasteiger partial charge in [-0.2, -0.15) is 0 Å². The van der Waals surface area contributed by atoms with Crippen LogP contribution in [0.15, 0.2) is 36.4 Å². The highest BCUT2D eigenvalue weighted by Gasteiger charge is 2.13. The van der Waals surface area contributed by atoms with Gasteiger partial charge in [-0.15, -0.1) is 0 Å². The van der Waals surface area contributed by atoms with E-state index < -0.39 is 11.8 Å². The highest BCUT2D eigenvalue weighted by atomic mass is 35.5. The number of methoxy groups -OCH3 is 1. The summed E-state index contributed by atoms with van der Waals surface area (Å²) in [7, 11) is 1.26. The highest BCUT2D eigenvalue weighted by molar-refractivity contribution is 6.30. The second-order valence-corrected chi connectivity index (χ2v) is 4.31. The fraction of sp³-hybridized carbons (Fsp3) is 0.0714. The van der Waals surface area contributed by atoms with Crippen LogP contribution in [-0.4, -0.2) is 13.1 Å². The molecule has 0 aliphatic rings. The van der Waals surface area contributed by atoms with Crippen molar-refractivity contribution in [2.75, 3.05) is 12.8 Å². The van der Waals surface area contributed by atoms with Gasteiger partial charge in [0.1, 0.15) is 0 Å². The van der Waals surface area contributed by atoms with Crippen LogP contribution in [0, 0.1) is 5.82 Å². The number of esters is 1. The van der Waals surface area contributed by atoms with Crippen molar-refractivity contribution in [1.82, 2.24) is 0 Å². The van der Waals surface area contributed by atoms with Crippen molar-refractivity contribution in [3.05, 3.63) is 52.8 Å². The maximum absolute atomic E-state index is 13.8. The number of rotatable bonds is 3. The Labute approximate surface area is 119 Å². The summed E-state index contributed by atoms with van der Waals surface area (Å²) in [6.07, 6.45) is 0. The monoisotopic (exact) mass is 295 g/mol. The number of halogens is 2. The average Bonchev–Trinajstić information content (AvgIpc) is 2.45. The fourth-order valence-electron chi connectivity index (χ4n) is 1.55. The van der Waals surface area contributed by atoms with Crippen molar-refractivity contribution in [3.63, 3.8) is 0 Å². The fourth-order valence-corrected chi connectivity index (χ4v) is 1.71. The number of carbonyl (C=O) groups excluding carboxylic acids is 1. The predicted molar refractivity (Wildman–Crippen MR) is 73.7 cm³/mol. The lowest BCUT2D eigenvalue weighted by atomic mass is 10.2. The molecule has 0 heterocycles. The molecule has 4 nitrogen and oxygen atoms in total. The largest absolute Gasteiger partial charge is 0.465 e. The molecule has 2 rings (SSSR count). The van der Waals surface area contributed by atoms with Crippen molar-refractivity contribution in [2.24, 2.45) is 0 Å². The van der Waals surface area contributed by atoms with E-state index in [2.05, 4.69) is 4.74 Å². The first kappa shape index (κ1) is 14.1. The third-order valence-corrected chi connectivity index (χ3v) is 2.86. The maximum Gasteiger partial charge on any atom is 0.337 e. The average molecular weight is 296 g/mol. The summed E-state index contributed by atoms with van der Waals surface area (Å²) in [4.78, 5) is 11.4. The molecule has 2 aromatic carbocycles. The minimum Gasteiger partial charge on any atom is -0.465 e. The minimum absolute atomic E-state index is 0.0646. The Balaban J connectivity index is 2.38. The smallest absolute Gasteiger partial charge is 0.337 e. The number of hydrogen-bond donors (Lipinski definition) is 1. The van der Waals surface area contributed by atoms with Crippen LogP contribution in [0.1, 0.15) is 10.4 Å². The number of anilines is 1. The summed E-state index contributed by atoms with van der Waals surface area (Å²) in [5.74, 6) is -1.17. The van der Waals surface area contributed by atoms with Crippen LogP contribution in [-0.2, 0) is 4.74 Å². The first-order chi connectivity index (χ1) is 9.52. The van der Waals surface area contributed by atoms with Gasteiger partial charge in [-0.3, -0.25) is 0 Å². The number of nitrogen functional groups attached to an aromatic ring is 1. The summed E-state index contributed by atoms with van der Waals surface area (Å²) >= 11 is 5.66.